The second-order valence-corrected chi connectivity index (χ2v) is 6.61. The topological polar surface area (TPSA) is 67.4 Å². The van der Waals surface area contributed by atoms with Gasteiger partial charge in [-0.15, -0.1) is 0 Å². The Balaban J connectivity index is 2.14. The number of methoxy groups -OCH3 is 1. The summed E-state index contributed by atoms with van der Waals surface area (Å²) in [5.41, 5.74) is 0. The molecule has 1 unspecified atom stereocenters. The van der Waals surface area contributed by atoms with Crippen molar-refractivity contribution in [3.63, 3.8) is 0 Å². The van der Waals surface area contributed by atoms with E-state index in [0.717, 1.165) is 19.4 Å². The Labute approximate surface area is 118 Å². The van der Waals surface area contributed by atoms with E-state index in [9.17, 15) is 8.42 Å². The molecule has 2 rings (SSSR count). The summed E-state index contributed by atoms with van der Waals surface area (Å²) in [4.78, 5) is 0.109. The number of ether oxygens (including phenoxy) is 1. The minimum Gasteiger partial charge on any atom is -0.495 e. The van der Waals surface area contributed by atoms with E-state index in [1.165, 1.54) is 25.3 Å². The smallest absolute Gasteiger partial charge is 0.244 e. The number of hydrogen-bond donors (Lipinski definition) is 2. The lowest BCUT2D eigenvalue weighted by Gasteiger charge is -2.14. The number of hydrogen-bond acceptors (Lipinski definition) is 4. The van der Waals surface area contributed by atoms with Gasteiger partial charge in [0, 0.05) is 23.7 Å². The molecule has 2 N–H and O–H groups in total. The van der Waals surface area contributed by atoms with Crippen molar-refractivity contribution in [1.29, 1.82) is 0 Å². The first-order valence-corrected chi connectivity index (χ1v) is 7.95. The lowest BCUT2D eigenvalue weighted by molar-refractivity contribution is 0.402. The van der Waals surface area contributed by atoms with E-state index in [1.807, 2.05) is 0 Å². The second-order valence-electron chi connectivity index (χ2n) is 4.44. The normalized spacial score (nSPS) is 19.6. The van der Waals surface area contributed by atoms with Crippen LogP contribution in [0, 0.1) is 0 Å². The van der Waals surface area contributed by atoms with Gasteiger partial charge in [0.25, 0.3) is 0 Å². The zero-order valence-corrected chi connectivity index (χ0v) is 12.2. The van der Waals surface area contributed by atoms with Crippen molar-refractivity contribution in [2.75, 3.05) is 20.2 Å². The summed E-state index contributed by atoms with van der Waals surface area (Å²) in [5, 5.41) is 3.68. The van der Waals surface area contributed by atoms with E-state index in [2.05, 4.69) is 10.0 Å². The molecule has 1 aromatic carbocycles. The van der Waals surface area contributed by atoms with Gasteiger partial charge in [0.15, 0.2) is 0 Å². The fourth-order valence-corrected chi connectivity index (χ4v) is 3.47. The van der Waals surface area contributed by atoms with Crippen LogP contribution in [0.15, 0.2) is 23.1 Å². The van der Waals surface area contributed by atoms with Crippen LogP contribution in [0.2, 0.25) is 5.02 Å². The highest BCUT2D eigenvalue weighted by atomic mass is 35.5. The van der Waals surface area contributed by atoms with E-state index in [4.69, 9.17) is 16.3 Å². The molecule has 0 spiro atoms. The molecule has 1 atom stereocenters. The molecule has 1 heterocycles. The number of sulfonamides is 1. The van der Waals surface area contributed by atoms with E-state index < -0.39 is 10.0 Å². The number of nitrogens with one attached hydrogen (secondary N) is 2. The number of benzene rings is 1. The van der Waals surface area contributed by atoms with Crippen LogP contribution in [-0.2, 0) is 10.0 Å². The molecule has 19 heavy (non-hydrogen) atoms. The van der Waals surface area contributed by atoms with Crippen molar-refractivity contribution >= 4 is 21.6 Å². The van der Waals surface area contributed by atoms with E-state index in [-0.39, 0.29) is 16.7 Å². The molecule has 0 radical (unpaired) electrons. The lowest BCUT2D eigenvalue weighted by atomic mass is 10.2. The molecule has 0 amide bonds. The van der Waals surface area contributed by atoms with Crippen LogP contribution in [0.25, 0.3) is 0 Å². The first kappa shape index (κ1) is 14.6. The van der Waals surface area contributed by atoms with Gasteiger partial charge < -0.3 is 10.1 Å². The summed E-state index contributed by atoms with van der Waals surface area (Å²) >= 11 is 5.82. The van der Waals surface area contributed by atoms with Crippen LogP contribution in [0.4, 0.5) is 0 Å². The minimum absolute atomic E-state index is 0.109. The molecule has 1 aliphatic heterocycles. The van der Waals surface area contributed by atoms with Crippen molar-refractivity contribution in [2.24, 2.45) is 0 Å². The third-order valence-corrected chi connectivity index (χ3v) is 4.80. The van der Waals surface area contributed by atoms with Crippen molar-refractivity contribution < 1.29 is 13.2 Å². The van der Waals surface area contributed by atoms with E-state index in [1.54, 1.807) is 0 Å². The highest BCUT2D eigenvalue weighted by Gasteiger charge is 2.22. The zero-order chi connectivity index (χ0) is 13.9. The summed E-state index contributed by atoms with van der Waals surface area (Å²) in [7, 11) is -2.16. The molecule has 1 saturated heterocycles. The molecule has 0 aromatic heterocycles. The summed E-state index contributed by atoms with van der Waals surface area (Å²) in [5.74, 6) is 0.249. The van der Waals surface area contributed by atoms with Gasteiger partial charge in [-0.05, 0) is 31.5 Å². The second kappa shape index (κ2) is 6.09. The fraction of sp³-hybridized carbons (Fsp3) is 0.500. The highest BCUT2D eigenvalue weighted by molar-refractivity contribution is 7.89. The van der Waals surface area contributed by atoms with Crippen LogP contribution >= 0.6 is 11.6 Å². The molecule has 0 aliphatic carbocycles. The molecule has 0 saturated carbocycles. The molecular weight excluding hydrogens is 288 g/mol. The molecule has 106 valence electrons. The molecule has 1 fully saturated rings. The van der Waals surface area contributed by atoms with Crippen LogP contribution in [-0.4, -0.2) is 34.7 Å². The van der Waals surface area contributed by atoms with Crippen molar-refractivity contribution in [2.45, 2.75) is 23.8 Å². The molecule has 5 nitrogen and oxygen atoms in total. The van der Waals surface area contributed by atoms with Gasteiger partial charge in [0.2, 0.25) is 10.0 Å². The molecule has 0 bridgehead atoms. The Hall–Kier alpha value is -0.820. The van der Waals surface area contributed by atoms with Crippen LogP contribution in [0.1, 0.15) is 12.8 Å². The van der Waals surface area contributed by atoms with Gasteiger partial charge in [0.1, 0.15) is 10.6 Å². The quantitative estimate of drug-likeness (QED) is 0.862. The monoisotopic (exact) mass is 304 g/mol. The first-order chi connectivity index (χ1) is 9.03. The fourth-order valence-electron chi connectivity index (χ4n) is 2.08. The maximum absolute atomic E-state index is 12.2. The highest BCUT2D eigenvalue weighted by Crippen LogP contribution is 2.26. The van der Waals surface area contributed by atoms with Crippen LogP contribution in [0.3, 0.4) is 0 Å². The Morgan fingerprint density at radius 3 is 2.95 bits per heavy atom. The predicted molar refractivity (Wildman–Crippen MR) is 74.2 cm³/mol. The Morgan fingerprint density at radius 2 is 2.32 bits per heavy atom. The van der Waals surface area contributed by atoms with Crippen molar-refractivity contribution in [3.05, 3.63) is 23.2 Å². The standard InChI is InChI=1S/C12H17ClN2O3S/c1-18-11-7-9(13)4-5-12(11)19(16,17)15-8-10-3-2-6-14-10/h4-5,7,10,14-15H,2-3,6,8H2,1H3. The third kappa shape index (κ3) is 3.60. The third-order valence-electron chi connectivity index (χ3n) is 3.10. The van der Waals surface area contributed by atoms with Gasteiger partial charge in [-0.3, -0.25) is 0 Å². The Kier molecular flexibility index (Phi) is 4.67. The van der Waals surface area contributed by atoms with Gasteiger partial charge in [0.05, 0.1) is 7.11 Å². The first-order valence-electron chi connectivity index (χ1n) is 6.09. The lowest BCUT2D eigenvalue weighted by Crippen LogP contribution is -2.37. The van der Waals surface area contributed by atoms with Crippen molar-refractivity contribution in [1.82, 2.24) is 10.0 Å². The van der Waals surface area contributed by atoms with Gasteiger partial charge in [-0.25, -0.2) is 13.1 Å². The van der Waals surface area contributed by atoms with E-state index in [0.29, 0.717) is 11.6 Å². The van der Waals surface area contributed by atoms with Crippen molar-refractivity contribution in [3.8, 4) is 5.75 Å². The average molecular weight is 305 g/mol. The Bertz CT molecular complexity index is 542. The Morgan fingerprint density at radius 1 is 1.53 bits per heavy atom. The van der Waals surface area contributed by atoms with Gasteiger partial charge in [-0.1, -0.05) is 11.6 Å². The summed E-state index contributed by atoms with van der Waals surface area (Å²) < 4.78 is 32.1. The number of rotatable bonds is 5. The van der Waals surface area contributed by atoms with E-state index >= 15 is 0 Å². The predicted octanol–water partition coefficient (Wildman–Crippen LogP) is 1.38. The molecule has 1 aliphatic rings. The van der Waals surface area contributed by atoms with Gasteiger partial charge in [-0.2, -0.15) is 0 Å². The maximum atomic E-state index is 12.2. The molecule has 7 heteroatoms. The summed E-state index contributed by atoms with van der Waals surface area (Å²) in [6.45, 7) is 1.32. The van der Waals surface area contributed by atoms with Crippen LogP contribution in [0.5, 0.6) is 5.75 Å². The number of halogens is 1. The maximum Gasteiger partial charge on any atom is 0.244 e. The molecule has 1 aromatic rings. The summed E-state index contributed by atoms with van der Waals surface area (Å²) in [6.07, 6.45) is 2.07. The zero-order valence-electron chi connectivity index (χ0n) is 10.6. The summed E-state index contributed by atoms with van der Waals surface area (Å²) in [6, 6.07) is 4.68. The SMILES string of the molecule is COc1cc(Cl)ccc1S(=O)(=O)NCC1CCCN1. The largest absolute Gasteiger partial charge is 0.495 e. The molecular formula is C12H17ClN2O3S. The average Bonchev–Trinajstić information content (AvgIpc) is 2.89. The van der Waals surface area contributed by atoms with Gasteiger partial charge >= 0.3 is 0 Å². The van der Waals surface area contributed by atoms with Crippen LogP contribution < -0.4 is 14.8 Å². The minimum atomic E-state index is -3.58.